The Hall–Kier alpha value is -3.12. The fraction of sp³-hybridized carbons (Fsp3) is 0.292. The van der Waals surface area contributed by atoms with Crippen molar-refractivity contribution in [3.8, 4) is 0 Å². The maximum absolute atomic E-state index is 12.5. The van der Waals surface area contributed by atoms with Crippen LogP contribution >= 0.6 is 11.6 Å². The van der Waals surface area contributed by atoms with Crippen LogP contribution in [0.25, 0.3) is 10.9 Å². The van der Waals surface area contributed by atoms with Gasteiger partial charge in [0.05, 0.1) is 11.1 Å². The van der Waals surface area contributed by atoms with Crippen LogP contribution < -0.4 is 10.2 Å². The van der Waals surface area contributed by atoms with E-state index in [1.807, 2.05) is 0 Å². The van der Waals surface area contributed by atoms with E-state index in [4.69, 9.17) is 16.6 Å². The van der Waals surface area contributed by atoms with E-state index in [1.165, 1.54) is 0 Å². The molecule has 1 aromatic heterocycles. The first-order valence-electron chi connectivity index (χ1n) is 10.3. The van der Waals surface area contributed by atoms with Gasteiger partial charge in [0.25, 0.3) is 5.91 Å². The van der Waals surface area contributed by atoms with Gasteiger partial charge in [0.2, 0.25) is 0 Å². The number of aromatic carboxylic acids is 1. The number of aromatic nitrogens is 1. The van der Waals surface area contributed by atoms with Crippen molar-refractivity contribution in [1.29, 1.82) is 0 Å². The molecule has 2 heterocycles. The van der Waals surface area contributed by atoms with Crippen molar-refractivity contribution >= 4 is 45.9 Å². The highest BCUT2D eigenvalue weighted by molar-refractivity contribution is 6.31. The third-order valence-electron chi connectivity index (χ3n) is 5.56. The van der Waals surface area contributed by atoms with Gasteiger partial charge < -0.3 is 15.3 Å². The van der Waals surface area contributed by atoms with Gasteiger partial charge in [-0.05, 0) is 60.7 Å². The molecule has 1 aliphatic heterocycles. The Balaban J connectivity index is 1.68. The lowest BCUT2D eigenvalue weighted by Crippen LogP contribution is -2.39. The molecular formula is C24H24ClN3O3. The number of carboxylic acids is 1. The van der Waals surface area contributed by atoms with Gasteiger partial charge in [0.1, 0.15) is 5.82 Å². The molecule has 0 bridgehead atoms. The van der Waals surface area contributed by atoms with Crippen LogP contribution in [0.2, 0.25) is 5.02 Å². The van der Waals surface area contributed by atoms with Crippen molar-refractivity contribution in [2.75, 3.05) is 23.3 Å². The number of carbonyl (C=O) groups excluding carboxylic acids is 1. The zero-order chi connectivity index (χ0) is 22.1. The number of anilines is 2. The molecule has 1 amide bonds. The van der Waals surface area contributed by atoms with E-state index in [0.29, 0.717) is 44.8 Å². The number of carboxylic acid groups (broad SMARTS) is 1. The molecule has 7 heteroatoms. The Kier molecular flexibility index (Phi) is 5.83. The molecule has 0 unspecified atom stereocenters. The summed E-state index contributed by atoms with van der Waals surface area (Å²) in [5.74, 6) is 0.390. The summed E-state index contributed by atoms with van der Waals surface area (Å²) in [6.07, 6.45) is 1.16. The number of piperidine rings is 1. The summed E-state index contributed by atoms with van der Waals surface area (Å²) >= 11 is 5.96. The minimum absolute atomic E-state index is 0.171. The molecule has 2 aromatic carbocycles. The van der Waals surface area contributed by atoms with E-state index >= 15 is 0 Å². The Morgan fingerprint density at radius 2 is 1.84 bits per heavy atom. The molecular weight excluding hydrogens is 414 g/mol. The Labute approximate surface area is 185 Å². The highest BCUT2D eigenvalue weighted by atomic mass is 35.5. The van der Waals surface area contributed by atoms with E-state index in [9.17, 15) is 14.7 Å². The predicted octanol–water partition coefficient (Wildman–Crippen LogP) is 5.32. The number of rotatable bonds is 4. The summed E-state index contributed by atoms with van der Waals surface area (Å²) in [6, 6.07) is 13.4. The number of halogens is 1. The van der Waals surface area contributed by atoms with E-state index in [2.05, 4.69) is 24.1 Å². The predicted molar refractivity (Wildman–Crippen MR) is 123 cm³/mol. The fourth-order valence-corrected chi connectivity index (χ4v) is 4.50. The molecule has 1 saturated heterocycles. The first kappa shape index (κ1) is 21.1. The number of hydrogen-bond donors (Lipinski definition) is 2. The lowest BCUT2D eigenvalue weighted by Gasteiger charge is -2.36. The zero-order valence-corrected chi connectivity index (χ0v) is 18.2. The van der Waals surface area contributed by atoms with Crippen molar-refractivity contribution in [2.45, 2.75) is 20.3 Å². The van der Waals surface area contributed by atoms with Crippen LogP contribution in [-0.4, -0.2) is 35.1 Å². The molecule has 1 aliphatic rings. The van der Waals surface area contributed by atoms with Crippen molar-refractivity contribution < 1.29 is 14.7 Å². The lowest BCUT2D eigenvalue weighted by molar-refractivity contribution is 0.0698. The number of carbonyl (C=O) groups is 2. The third kappa shape index (κ3) is 4.64. The summed E-state index contributed by atoms with van der Waals surface area (Å²) in [6.45, 7) is 6.12. The van der Waals surface area contributed by atoms with Crippen LogP contribution in [0.15, 0.2) is 48.5 Å². The van der Waals surface area contributed by atoms with Crippen LogP contribution in [0, 0.1) is 11.8 Å². The maximum atomic E-state index is 12.5. The SMILES string of the molecule is C[C@@H]1C[C@@H](C)CN(c2cc(C(=O)O)c3cc(NC(=O)c4cccc(Cl)c4)ccc3n2)C1. The second-order valence-electron chi connectivity index (χ2n) is 8.38. The van der Waals surface area contributed by atoms with Crippen molar-refractivity contribution in [1.82, 2.24) is 4.98 Å². The van der Waals surface area contributed by atoms with Crippen LogP contribution in [-0.2, 0) is 0 Å². The Morgan fingerprint density at radius 1 is 1.10 bits per heavy atom. The average Bonchev–Trinajstić information content (AvgIpc) is 2.72. The normalized spacial score (nSPS) is 18.7. The van der Waals surface area contributed by atoms with Gasteiger partial charge in [0.15, 0.2) is 0 Å². The number of amides is 1. The van der Waals surface area contributed by atoms with Gasteiger partial charge in [-0.3, -0.25) is 4.79 Å². The maximum Gasteiger partial charge on any atom is 0.336 e. The Morgan fingerprint density at radius 3 is 2.52 bits per heavy atom. The number of fused-ring (bicyclic) bond motifs is 1. The number of nitrogens with zero attached hydrogens (tertiary/aromatic N) is 2. The minimum atomic E-state index is -1.02. The summed E-state index contributed by atoms with van der Waals surface area (Å²) in [4.78, 5) is 31.5. The summed E-state index contributed by atoms with van der Waals surface area (Å²) < 4.78 is 0. The molecule has 2 atom stereocenters. The molecule has 160 valence electrons. The number of hydrogen-bond acceptors (Lipinski definition) is 4. The molecule has 1 fully saturated rings. The zero-order valence-electron chi connectivity index (χ0n) is 17.4. The van der Waals surface area contributed by atoms with Crippen molar-refractivity contribution in [3.63, 3.8) is 0 Å². The van der Waals surface area contributed by atoms with E-state index in [-0.39, 0.29) is 11.5 Å². The van der Waals surface area contributed by atoms with Crippen LogP contribution in [0.3, 0.4) is 0 Å². The molecule has 0 spiro atoms. The van der Waals surface area contributed by atoms with E-state index < -0.39 is 5.97 Å². The molecule has 0 aliphatic carbocycles. The number of nitrogens with one attached hydrogen (secondary N) is 1. The molecule has 6 nitrogen and oxygen atoms in total. The van der Waals surface area contributed by atoms with Gasteiger partial charge >= 0.3 is 5.97 Å². The quantitative estimate of drug-likeness (QED) is 0.577. The molecule has 3 aromatic rings. The van der Waals surface area contributed by atoms with Crippen LogP contribution in [0.5, 0.6) is 0 Å². The first-order valence-corrected chi connectivity index (χ1v) is 10.7. The van der Waals surface area contributed by atoms with E-state index in [1.54, 1.807) is 48.5 Å². The van der Waals surface area contributed by atoms with Crippen LogP contribution in [0.1, 0.15) is 41.0 Å². The smallest absolute Gasteiger partial charge is 0.336 e. The summed E-state index contributed by atoms with van der Waals surface area (Å²) in [7, 11) is 0. The van der Waals surface area contributed by atoms with Crippen molar-refractivity contribution in [2.24, 2.45) is 11.8 Å². The monoisotopic (exact) mass is 437 g/mol. The second kappa shape index (κ2) is 8.55. The van der Waals surface area contributed by atoms with Gasteiger partial charge in [-0.1, -0.05) is 31.5 Å². The third-order valence-corrected chi connectivity index (χ3v) is 5.80. The Bertz CT molecular complexity index is 1150. The number of pyridine rings is 1. The topological polar surface area (TPSA) is 82.5 Å². The highest BCUT2D eigenvalue weighted by Crippen LogP contribution is 2.30. The standard InChI is InChI=1S/C24H24ClN3O3/c1-14-8-15(2)13-28(12-14)22-11-20(24(30)31)19-10-18(6-7-21(19)27-22)26-23(29)16-4-3-5-17(25)9-16/h3-7,9-11,14-15H,8,12-13H2,1-2H3,(H,26,29)(H,30,31)/t14-,15-/m1/s1. The van der Waals surface area contributed by atoms with E-state index in [0.717, 1.165) is 19.5 Å². The lowest BCUT2D eigenvalue weighted by atomic mass is 9.92. The van der Waals surface area contributed by atoms with Gasteiger partial charge in [0, 0.05) is 34.7 Å². The molecule has 4 rings (SSSR count). The van der Waals surface area contributed by atoms with Gasteiger partial charge in [-0.2, -0.15) is 0 Å². The highest BCUT2D eigenvalue weighted by Gasteiger charge is 2.24. The van der Waals surface area contributed by atoms with Gasteiger partial charge in [-0.25, -0.2) is 9.78 Å². The first-order chi connectivity index (χ1) is 14.8. The van der Waals surface area contributed by atoms with Crippen molar-refractivity contribution in [3.05, 3.63) is 64.7 Å². The summed E-state index contributed by atoms with van der Waals surface area (Å²) in [5, 5.41) is 13.6. The minimum Gasteiger partial charge on any atom is -0.478 e. The van der Waals surface area contributed by atoms with Gasteiger partial charge in [-0.15, -0.1) is 0 Å². The molecule has 0 saturated carbocycles. The molecule has 31 heavy (non-hydrogen) atoms. The summed E-state index contributed by atoms with van der Waals surface area (Å²) in [5.41, 5.74) is 1.67. The second-order valence-corrected chi connectivity index (χ2v) is 8.82. The largest absolute Gasteiger partial charge is 0.478 e. The molecule has 0 radical (unpaired) electrons. The molecule has 2 N–H and O–H groups in total. The fourth-order valence-electron chi connectivity index (χ4n) is 4.31. The average molecular weight is 438 g/mol. The number of benzene rings is 2. The van der Waals surface area contributed by atoms with Crippen LogP contribution in [0.4, 0.5) is 11.5 Å².